The van der Waals surface area contributed by atoms with Crippen LogP contribution < -0.4 is 5.73 Å². The molecular formula is C11H12Br2N4. The van der Waals surface area contributed by atoms with Crippen LogP contribution in [0.15, 0.2) is 33.6 Å². The predicted molar refractivity (Wildman–Crippen MR) is 73.6 cm³/mol. The Hall–Kier alpha value is -0.720. The maximum atomic E-state index is 6.26. The van der Waals surface area contributed by atoms with Gasteiger partial charge in [-0.3, -0.25) is 9.67 Å². The highest BCUT2D eigenvalue weighted by Crippen LogP contribution is 2.27. The SMILES string of the molecule is CCn1ncc(Br)c1C(N)c1cncc(Br)c1. The van der Waals surface area contributed by atoms with Gasteiger partial charge in [0.2, 0.25) is 0 Å². The van der Waals surface area contributed by atoms with Crippen LogP contribution in [0.4, 0.5) is 0 Å². The van der Waals surface area contributed by atoms with E-state index in [9.17, 15) is 0 Å². The Morgan fingerprint density at radius 2 is 2.12 bits per heavy atom. The van der Waals surface area contributed by atoms with Crippen molar-refractivity contribution in [1.29, 1.82) is 0 Å². The van der Waals surface area contributed by atoms with Gasteiger partial charge in [0.25, 0.3) is 0 Å². The molecule has 0 saturated heterocycles. The van der Waals surface area contributed by atoms with Crippen LogP contribution in [0, 0.1) is 0 Å². The summed E-state index contributed by atoms with van der Waals surface area (Å²) in [5.74, 6) is 0. The van der Waals surface area contributed by atoms with Crippen molar-refractivity contribution in [3.05, 3.63) is 44.9 Å². The van der Waals surface area contributed by atoms with E-state index in [-0.39, 0.29) is 6.04 Å². The number of nitrogens with zero attached hydrogens (tertiary/aromatic N) is 3. The Bertz CT molecular complexity index is 524. The molecule has 2 aromatic rings. The fourth-order valence-electron chi connectivity index (χ4n) is 1.69. The van der Waals surface area contributed by atoms with Crippen LogP contribution in [0.5, 0.6) is 0 Å². The summed E-state index contributed by atoms with van der Waals surface area (Å²) in [6.45, 7) is 2.82. The van der Waals surface area contributed by atoms with Gasteiger partial charge < -0.3 is 5.73 Å². The molecule has 1 atom stereocenters. The number of pyridine rings is 1. The van der Waals surface area contributed by atoms with E-state index in [1.165, 1.54) is 0 Å². The number of hydrogen-bond acceptors (Lipinski definition) is 3. The molecule has 4 nitrogen and oxygen atoms in total. The van der Waals surface area contributed by atoms with E-state index < -0.39 is 0 Å². The zero-order valence-electron chi connectivity index (χ0n) is 9.27. The molecule has 0 saturated carbocycles. The third-order valence-electron chi connectivity index (χ3n) is 2.51. The van der Waals surface area contributed by atoms with Crippen LogP contribution in [-0.4, -0.2) is 14.8 Å². The molecule has 0 bridgehead atoms. The van der Waals surface area contributed by atoms with Gasteiger partial charge in [-0.25, -0.2) is 0 Å². The van der Waals surface area contributed by atoms with Gasteiger partial charge in [-0.15, -0.1) is 0 Å². The summed E-state index contributed by atoms with van der Waals surface area (Å²) >= 11 is 6.87. The van der Waals surface area contributed by atoms with Gasteiger partial charge in [0.15, 0.2) is 0 Å². The van der Waals surface area contributed by atoms with Crippen molar-refractivity contribution >= 4 is 31.9 Å². The van der Waals surface area contributed by atoms with Gasteiger partial charge >= 0.3 is 0 Å². The molecule has 17 heavy (non-hydrogen) atoms. The molecule has 2 aromatic heterocycles. The van der Waals surface area contributed by atoms with E-state index in [0.717, 1.165) is 26.7 Å². The quantitative estimate of drug-likeness (QED) is 0.916. The van der Waals surface area contributed by atoms with Crippen molar-refractivity contribution in [1.82, 2.24) is 14.8 Å². The third-order valence-corrected chi connectivity index (χ3v) is 3.56. The summed E-state index contributed by atoms with van der Waals surface area (Å²) < 4.78 is 3.73. The molecule has 1 unspecified atom stereocenters. The zero-order chi connectivity index (χ0) is 12.4. The lowest BCUT2D eigenvalue weighted by atomic mass is 10.1. The standard InChI is InChI=1S/C11H12Br2N4/c1-2-17-11(9(13)6-16-17)10(14)7-3-8(12)5-15-4-7/h3-6,10H,2,14H2,1H3. The first-order chi connectivity index (χ1) is 8.13. The summed E-state index contributed by atoms with van der Waals surface area (Å²) in [5.41, 5.74) is 8.17. The molecule has 2 heterocycles. The fourth-order valence-corrected chi connectivity index (χ4v) is 2.61. The van der Waals surface area contributed by atoms with Crippen LogP contribution in [-0.2, 0) is 6.54 Å². The Kier molecular flexibility index (Phi) is 3.96. The van der Waals surface area contributed by atoms with E-state index >= 15 is 0 Å². The first kappa shape index (κ1) is 12.7. The minimum Gasteiger partial charge on any atom is -0.319 e. The molecule has 2 rings (SSSR count). The van der Waals surface area contributed by atoms with E-state index in [4.69, 9.17) is 5.73 Å². The fraction of sp³-hybridized carbons (Fsp3) is 0.273. The lowest BCUT2D eigenvalue weighted by Gasteiger charge is -2.14. The molecule has 2 N–H and O–H groups in total. The summed E-state index contributed by atoms with van der Waals surface area (Å²) in [6, 6.07) is 1.73. The van der Waals surface area contributed by atoms with E-state index in [1.54, 1.807) is 18.6 Å². The number of halogens is 2. The van der Waals surface area contributed by atoms with Crippen LogP contribution >= 0.6 is 31.9 Å². The maximum absolute atomic E-state index is 6.26. The predicted octanol–water partition coefficient (Wildman–Crippen LogP) is 2.87. The molecule has 0 fully saturated rings. The van der Waals surface area contributed by atoms with Crippen molar-refractivity contribution < 1.29 is 0 Å². The molecule has 90 valence electrons. The van der Waals surface area contributed by atoms with Crippen LogP contribution in [0.2, 0.25) is 0 Å². The Morgan fingerprint density at radius 1 is 1.35 bits per heavy atom. The molecule has 0 radical (unpaired) electrons. The van der Waals surface area contributed by atoms with Crippen molar-refractivity contribution in [3.8, 4) is 0 Å². The monoisotopic (exact) mass is 358 g/mol. The zero-order valence-corrected chi connectivity index (χ0v) is 12.4. The molecule has 0 aromatic carbocycles. The molecule has 0 aliphatic heterocycles. The van der Waals surface area contributed by atoms with Gasteiger partial charge in [0, 0.05) is 23.4 Å². The highest BCUT2D eigenvalue weighted by molar-refractivity contribution is 9.10. The van der Waals surface area contributed by atoms with E-state index in [2.05, 4.69) is 41.9 Å². The minimum absolute atomic E-state index is 0.239. The molecule has 0 spiro atoms. The Balaban J connectivity index is 2.43. The molecular weight excluding hydrogens is 348 g/mol. The Morgan fingerprint density at radius 3 is 2.76 bits per heavy atom. The lowest BCUT2D eigenvalue weighted by molar-refractivity contribution is 0.599. The number of aromatic nitrogens is 3. The molecule has 0 aliphatic rings. The summed E-state index contributed by atoms with van der Waals surface area (Å²) in [4.78, 5) is 4.13. The highest BCUT2D eigenvalue weighted by atomic mass is 79.9. The van der Waals surface area contributed by atoms with Gasteiger partial charge in [-0.05, 0) is 50.4 Å². The average molecular weight is 360 g/mol. The minimum atomic E-state index is -0.239. The van der Waals surface area contributed by atoms with Gasteiger partial charge in [0.1, 0.15) is 0 Å². The van der Waals surface area contributed by atoms with Gasteiger partial charge in [-0.1, -0.05) is 0 Å². The number of nitrogens with two attached hydrogens (primary N) is 1. The number of hydrogen-bond donors (Lipinski definition) is 1. The second-order valence-corrected chi connectivity index (χ2v) is 5.38. The van der Waals surface area contributed by atoms with Gasteiger partial charge in [-0.2, -0.15) is 5.10 Å². The molecule has 0 aliphatic carbocycles. The normalized spacial score (nSPS) is 12.7. The second kappa shape index (κ2) is 5.29. The van der Waals surface area contributed by atoms with Crippen molar-refractivity contribution in [2.75, 3.05) is 0 Å². The first-order valence-corrected chi connectivity index (χ1v) is 6.79. The third kappa shape index (κ3) is 2.59. The Labute approximate surface area is 116 Å². The van der Waals surface area contributed by atoms with Crippen LogP contribution in [0.3, 0.4) is 0 Å². The van der Waals surface area contributed by atoms with Crippen molar-refractivity contribution in [2.24, 2.45) is 5.73 Å². The summed E-state index contributed by atoms with van der Waals surface area (Å²) in [5, 5.41) is 4.26. The van der Waals surface area contributed by atoms with Crippen molar-refractivity contribution in [2.45, 2.75) is 19.5 Å². The van der Waals surface area contributed by atoms with E-state index in [1.807, 2.05) is 17.7 Å². The topological polar surface area (TPSA) is 56.7 Å². The number of aryl methyl sites for hydroxylation is 1. The maximum Gasteiger partial charge on any atom is 0.0750 e. The van der Waals surface area contributed by atoms with Crippen LogP contribution in [0.25, 0.3) is 0 Å². The second-order valence-electron chi connectivity index (χ2n) is 3.61. The molecule has 6 heteroatoms. The summed E-state index contributed by atoms with van der Waals surface area (Å²) in [6.07, 6.45) is 5.28. The average Bonchev–Trinajstić information content (AvgIpc) is 2.69. The summed E-state index contributed by atoms with van der Waals surface area (Å²) in [7, 11) is 0. The number of rotatable bonds is 3. The first-order valence-electron chi connectivity index (χ1n) is 5.20. The molecule has 0 amide bonds. The van der Waals surface area contributed by atoms with Crippen molar-refractivity contribution in [3.63, 3.8) is 0 Å². The van der Waals surface area contributed by atoms with E-state index in [0.29, 0.717) is 0 Å². The highest BCUT2D eigenvalue weighted by Gasteiger charge is 2.18. The van der Waals surface area contributed by atoms with Crippen LogP contribution in [0.1, 0.15) is 24.2 Å². The largest absolute Gasteiger partial charge is 0.319 e. The lowest BCUT2D eigenvalue weighted by Crippen LogP contribution is -2.17. The van der Waals surface area contributed by atoms with Gasteiger partial charge in [0.05, 0.1) is 22.4 Å². The smallest absolute Gasteiger partial charge is 0.0750 e.